The Labute approximate surface area is 173 Å². The normalized spacial score (nSPS) is 11.2. The van der Waals surface area contributed by atoms with Gasteiger partial charge in [-0.05, 0) is 29.3 Å². The van der Waals surface area contributed by atoms with E-state index in [2.05, 4.69) is 0 Å². The quantitative estimate of drug-likeness (QED) is 0.402. The largest absolute Gasteiger partial charge is 1.00 e. The maximum Gasteiger partial charge on any atom is 1.00 e. The standard InChI is InChI=1S/C12H10O6S2.2Na/c13-19(14,15)10-7-5-9(6-8-10)11-3-1-2-4-12(11)20(16,17)18;;/h1-8H,(H,13,14,15)(H,16,17,18);;/q;2*+1/p-2. The Morgan fingerprint density at radius 3 is 1.64 bits per heavy atom. The third-order valence-corrected chi connectivity index (χ3v) is 4.35. The van der Waals surface area contributed by atoms with E-state index in [9.17, 15) is 25.9 Å². The van der Waals surface area contributed by atoms with Crippen LogP contribution in [0.15, 0.2) is 58.3 Å². The van der Waals surface area contributed by atoms with E-state index in [0.29, 0.717) is 5.56 Å². The van der Waals surface area contributed by atoms with Crippen molar-refractivity contribution in [2.75, 3.05) is 0 Å². The predicted octanol–water partition coefficient (Wildman–Crippen LogP) is -4.83. The molecule has 0 bridgehead atoms. The van der Waals surface area contributed by atoms with E-state index >= 15 is 0 Å². The monoisotopic (exact) mass is 358 g/mol. The van der Waals surface area contributed by atoms with Crippen LogP contribution in [0, 0.1) is 0 Å². The second-order valence-electron chi connectivity index (χ2n) is 3.93. The molecule has 106 valence electrons. The maximum atomic E-state index is 11.2. The van der Waals surface area contributed by atoms with E-state index in [-0.39, 0.29) is 64.7 Å². The minimum Gasteiger partial charge on any atom is -0.744 e. The SMILES string of the molecule is O=S(=O)([O-])c1ccc(-c2ccccc2S(=O)(=O)[O-])cc1.[Na+].[Na+]. The average Bonchev–Trinajstić information content (AvgIpc) is 2.37. The Morgan fingerprint density at radius 2 is 1.18 bits per heavy atom. The zero-order chi connectivity index (χ0) is 15.0. The summed E-state index contributed by atoms with van der Waals surface area (Å²) in [4.78, 5) is -0.832. The molecule has 0 amide bonds. The Balaban J connectivity index is 0.00000220. The molecule has 0 atom stereocenters. The molecule has 2 rings (SSSR count). The molecular weight excluding hydrogens is 350 g/mol. The van der Waals surface area contributed by atoms with Gasteiger partial charge >= 0.3 is 59.1 Å². The van der Waals surface area contributed by atoms with Gasteiger partial charge in [0.1, 0.15) is 20.2 Å². The molecular formula is C12H8Na2O6S2. The van der Waals surface area contributed by atoms with Crippen LogP contribution in [0.25, 0.3) is 11.1 Å². The first-order chi connectivity index (χ1) is 9.19. The molecule has 0 unspecified atom stereocenters. The summed E-state index contributed by atoms with van der Waals surface area (Å²) >= 11 is 0. The third kappa shape index (κ3) is 5.41. The minimum absolute atomic E-state index is 0. The first kappa shape index (κ1) is 22.3. The van der Waals surface area contributed by atoms with Crippen molar-refractivity contribution in [3.05, 3.63) is 48.5 Å². The van der Waals surface area contributed by atoms with Crippen LogP contribution in [-0.2, 0) is 20.2 Å². The van der Waals surface area contributed by atoms with E-state index in [4.69, 9.17) is 0 Å². The van der Waals surface area contributed by atoms with Crippen molar-refractivity contribution in [3.63, 3.8) is 0 Å². The maximum absolute atomic E-state index is 11.2. The summed E-state index contributed by atoms with van der Waals surface area (Å²) in [6.07, 6.45) is 0. The van der Waals surface area contributed by atoms with Crippen molar-refractivity contribution < 1.29 is 85.1 Å². The third-order valence-electron chi connectivity index (χ3n) is 2.61. The number of hydrogen-bond acceptors (Lipinski definition) is 6. The fourth-order valence-electron chi connectivity index (χ4n) is 1.72. The van der Waals surface area contributed by atoms with Crippen LogP contribution in [0.5, 0.6) is 0 Å². The van der Waals surface area contributed by atoms with Gasteiger partial charge in [-0.2, -0.15) is 0 Å². The van der Waals surface area contributed by atoms with E-state index in [1.165, 1.54) is 24.3 Å². The van der Waals surface area contributed by atoms with Gasteiger partial charge in [-0.1, -0.05) is 30.3 Å². The fraction of sp³-hybridized carbons (Fsp3) is 0. The molecule has 0 aliphatic rings. The molecule has 0 saturated heterocycles. The molecule has 0 aromatic heterocycles. The summed E-state index contributed by atoms with van der Waals surface area (Å²) in [7, 11) is -9.22. The van der Waals surface area contributed by atoms with E-state index < -0.39 is 30.0 Å². The fourth-order valence-corrected chi connectivity index (χ4v) is 2.89. The van der Waals surface area contributed by atoms with Gasteiger partial charge in [0.05, 0.1) is 9.79 Å². The molecule has 2 aromatic rings. The first-order valence-electron chi connectivity index (χ1n) is 5.31. The summed E-state index contributed by atoms with van der Waals surface area (Å²) < 4.78 is 65.9. The summed E-state index contributed by atoms with van der Waals surface area (Å²) in [5.41, 5.74) is 0.477. The Kier molecular flexibility index (Phi) is 8.48. The van der Waals surface area contributed by atoms with E-state index in [1.54, 1.807) is 6.07 Å². The number of hydrogen-bond donors (Lipinski definition) is 0. The van der Waals surface area contributed by atoms with Crippen LogP contribution in [0.2, 0.25) is 0 Å². The zero-order valence-electron chi connectivity index (χ0n) is 11.9. The van der Waals surface area contributed by atoms with Crippen molar-refractivity contribution >= 4 is 20.2 Å². The van der Waals surface area contributed by atoms with Crippen LogP contribution in [0.4, 0.5) is 0 Å². The second kappa shape index (κ2) is 8.39. The molecule has 0 N–H and O–H groups in total. The Morgan fingerprint density at radius 1 is 0.682 bits per heavy atom. The molecule has 0 saturated carbocycles. The molecule has 0 spiro atoms. The smallest absolute Gasteiger partial charge is 0.744 e. The van der Waals surface area contributed by atoms with Gasteiger partial charge in [-0.25, -0.2) is 16.8 Å². The van der Waals surface area contributed by atoms with Gasteiger partial charge in [-0.15, -0.1) is 0 Å². The first-order valence-corrected chi connectivity index (χ1v) is 8.12. The summed E-state index contributed by atoms with van der Waals surface area (Å²) in [5, 5.41) is 0. The topological polar surface area (TPSA) is 114 Å². The molecule has 6 nitrogen and oxygen atoms in total. The number of benzene rings is 2. The van der Waals surface area contributed by atoms with Crippen molar-refractivity contribution in [1.29, 1.82) is 0 Å². The van der Waals surface area contributed by atoms with Gasteiger partial charge in [0, 0.05) is 0 Å². The average molecular weight is 358 g/mol. The van der Waals surface area contributed by atoms with Crippen molar-refractivity contribution in [2.24, 2.45) is 0 Å². The molecule has 0 aliphatic carbocycles. The van der Waals surface area contributed by atoms with Gasteiger partial charge in [-0.3, -0.25) is 0 Å². The van der Waals surface area contributed by atoms with Crippen LogP contribution < -0.4 is 59.1 Å². The van der Waals surface area contributed by atoms with Gasteiger partial charge in [0.2, 0.25) is 0 Å². The van der Waals surface area contributed by atoms with E-state index in [0.717, 1.165) is 18.2 Å². The molecule has 22 heavy (non-hydrogen) atoms. The predicted molar refractivity (Wildman–Crippen MR) is 67.8 cm³/mol. The molecule has 2 aromatic carbocycles. The molecule has 0 radical (unpaired) electrons. The van der Waals surface area contributed by atoms with E-state index in [1.807, 2.05) is 0 Å². The molecule has 0 heterocycles. The molecule has 0 aliphatic heterocycles. The minimum atomic E-state index is -4.65. The summed E-state index contributed by atoms with van der Waals surface area (Å²) in [6.45, 7) is 0. The van der Waals surface area contributed by atoms with Crippen molar-refractivity contribution in [3.8, 4) is 11.1 Å². The molecule has 10 heteroatoms. The second-order valence-corrected chi connectivity index (χ2v) is 6.66. The number of rotatable bonds is 3. The van der Waals surface area contributed by atoms with Crippen molar-refractivity contribution in [1.82, 2.24) is 0 Å². The zero-order valence-corrected chi connectivity index (χ0v) is 17.5. The Hall–Kier alpha value is 0.260. The summed E-state index contributed by atoms with van der Waals surface area (Å²) in [6, 6.07) is 10.2. The summed E-state index contributed by atoms with van der Waals surface area (Å²) in [5.74, 6) is 0. The van der Waals surface area contributed by atoms with Gasteiger partial charge in [0.15, 0.2) is 0 Å². The van der Waals surface area contributed by atoms with Gasteiger partial charge in [0.25, 0.3) is 0 Å². The van der Waals surface area contributed by atoms with Crippen molar-refractivity contribution in [2.45, 2.75) is 9.79 Å². The van der Waals surface area contributed by atoms with Crippen LogP contribution in [0.1, 0.15) is 0 Å². The van der Waals surface area contributed by atoms with Gasteiger partial charge < -0.3 is 9.11 Å². The Bertz CT molecular complexity index is 845. The molecule has 0 fully saturated rings. The van der Waals surface area contributed by atoms with Crippen LogP contribution >= 0.6 is 0 Å². The van der Waals surface area contributed by atoms with Crippen LogP contribution in [0.3, 0.4) is 0 Å². The van der Waals surface area contributed by atoms with Crippen LogP contribution in [-0.4, -0.2) is 25.9 Å².